The number of nitrogens with zero attached hydrogens (tertiary/aromatic N) is 3. The number of hydrogen-bond acceptors (Lipinski definition) is 3. The van der Waals surface area contributed by atoms with Gasteiger partial charge in [-0.25, -0.2) is 9.97 Å². The van der Waals surface area contributed by atoms with Crippen LogP contribution in [0.3, 0.4) is 0 Å². The second-order valence-corrected chi connectivity index (χ2v) is 12.5. The highest BCUT2D eigenvalue weighted by Gasteiger charge is 2.24. The van der Waals surface area contributed by atoms with Crippen LogP contribution in [0.1, 0.15) is 0 Å². The van der Waals surface area contributed by atoms with Crippen LogP contribution in [0.15, 0.2) is 156 Å². The van der Waals surface area contributed by atoms with Crippen LogP contribution in [0.2, 0.25) is 0 Å². The van der Waals surface area contributed by atoms with Gasteiger partial charge in [0.25, 0.3) is 0 Å². The van der Waals surface area contributed by atoms with Crippen LogP contribution in [0, 0.1) is 0 Å². The van der Waals surface area contributed by atoms with Crippen LogP contribution in [-0.2, 0) is 0 Å². The monoisotopic (exact) mass is 611 g/mol. The number of rotatable bonds is 2. The summed E-state index contributed by atoms with van der Waals surface area (Å²) in [6.07, 6.45) is 0. The maximum atomic E-state index is 6.59. The molecule has 8 aromatic carbocycles. The van der Waals surface area contributed by atoms with E-state index < -0.39 is 0 Å². The molecule has 0 N–H and O–H groups in total. The van der Waals surface area contributed by atoms with Crippen molar-refractivity contribution in [2.75, 3.05) is 0 Å². The van der Waals surface area contributed by atoms with E-state index in [1.54, 1.807) is 0 Å². The van der Waals surface area contributed by atoms with Gasteiger partial charge in [0.15, 0.2) is 0 Å². The molecule has 3 heterocycles. The molecule has 0 fully saturated rings. The Kier molecular flexibility index (Phi) is 5.08. The SMILES string of the molecule is c1ccc2c(c1)ccc1cc(-c3nc(-n4c5ccccc5c5c6c7ccccc7oc6c6ccccc6c54)nc4ccccc34)ccc12. The molecule has 4 heteroatoms. The molecule has 0 aliphatic rings. The molecule has 11 aromatic rings. The van der Waals surface area contributed by atoms with Crippen molar-refractivity contribution in [2.45, 2.75) is 0 Å². The average molecular weight is 612 g/mol. The minimum absolute atomic E-state index is 0.644. The molecule has 0 spiro atoms. The van der Waals surface area contributed by atoms with E-state index in [0.717, 1.165) is 76.7 Å². The van der Waals surface area contributed by atoms with Gasteiger partial charge in [0, 0.05) is 43.3 Å². The minimum atomic E-state index is 0.644. The highest BCUT2D eigenvalue weighted by molar-refractivity contribution is 6.35. The summed E-state index contributed by atoms with van der Waals surface area (Å²) in [7, 11) is 0. The van der Waals surface area contributed by atoms with Crippen molar-refractivity contribution in [3.63, 3.8) is 0 Å². The van der Waals surface area contributed by atoms with Gasteiger partial charge in [0.1, 0.15) is 11.2 Å². The molecule has 4 nitrogen and oxygen atoms in total. The van der Waals surface area contributed by atoms with E-state index in [2.05, 4.69) is 150 Å². The third-order valence-corrected chi connectivity index (χ3v) is 9.96. The first-order valence-corrected chi connectivity index (χ1v) is 16.3. The van der Waals surface area contributed by atoms with Gasteiger partial charge in [-0.1, -0.05) is 127 Å². The van der Waals surface area contributed by atoms with Crippen LogP contribution >= 0.6 is 0 Å². The van der Waals surface area contributed by atoms with Gasteiger partial charge >= 0.3 is 0 Å². The predicted octanol–water partition coefficient (Wildman–Crippen LogP) is 11.8. The third kappa shape index (κ3) is 3.43. The summed E-state index contributed by atoms with van der Waals surface area (Å²) >= 11 is 0. The number of fused-ring (bicyclic) bond motifs is 14. The van der Waals surface area contributed by atoms with Gasteiger partial charge < -0.3 is 4.42 Å². The topological polar surface area (TPSA) is 43.9 Å². The number of furan rings is 1. The predicted molar refractivity (Wildman–Crippen MR) is 199 cm³/mol. The second-order valence-electron chi connectivity index (χ2n) is 12.5. The standard InChI is InChI=1S/C44H25N3O/c1-2-12-29-26(11-1)21-22-27-25-28(23-24-30(27)29)41-33-15-5-8-18-36(33)45-44(46-41)47-37-19-9-6-16-34(37)39-40-35-17-7-10-20-38(35)48-43(40)32-14-4-3-13-31(32)42(39)47/h1-25H. The van der Waals surface area contributed by atoms with E-state index in [-0.39, 0.29) is 0 Å². The summed E-state index contributed by atoms with van der Waals surface area (Å²) in [6, 6.07) is 53.5. The third-order valence-electron chi connectivity index (χ3n) is 9.96. The molecule has 222 valence electrons. The molecule has 0 amide bonds. The molecule has 3 aromatic heterocycles. The molecule has 0 saturated carbocycles. The fourth-order valence-electron chi connectivity index (χ4n) is 7.87. The van der Waals surface area contributed by atoms with Crippen LogP contribution in [-0.4, -0.2) is 14.5 Å². The Hall–Kier alpha value is -6.52. The largest absolute Gasteiger partial charge is 0.455 e. The first kappa shape index (κ1) is 25.6. The van der Waals surface area contributed by atoms with E-state index in [4.69, 9.17) is 14.4 Å². The zero-order chi connectivity index (χ0) is 31.3. The van der Waals surface area contributed by atoms with Crippen molar-refractivity contribution in [3.8, 4) is 17.2 Å². The zero-order valence-corrected chi connectivity index (χ0v) is 25.7. The highest BCUT2D eigenvalue weighted by atomic mass is 16.3. The quantitative estimate of drug-likeness (QED) is 0.183. The van der Waals surface area contributed by atoms with Crippen molar-refractivity contribution in [1.82, 2.24) is 14.5 Å². The van der Waals surface area contributed by atoms with E-state index in [0.29, 0.717) is 5.95 Å². The molecule has 0 aliphatic carbocycles. The minimum Gasteiger partial charge on any atom is -0.455 e. The Morgan fingerprint density at radius 1 is 0.458 bits per heavy atom. The Bertz CT molecular complexity index is 3130. The molecule has 48 heavy (non-hydrogen) atoms. The number of benzene rings is 8. The number of para-hydroxylation sites is 3. The summed E-state index contributed by atoms with van der Waals surface area (Å²) in [5, 5.41) is 12.6. The molecule has 11 rings (SSSR count). The van der Waals surface area contributed by atoms with Crippen molar-refractivity contribution < 1.29 is 4.42 Å². The Labute approximate surface area is 274 Å². The lowest BCUT2D eigenvalue weighted by atomic mass is 9.98. The molecule has 0 bridgehead atoms. The van der Waals surface area contributed by atoms with Crippen molar-refractivity contribution in [2.24, 2.45) is 0 Å². The van der Waals surface area contributed by atoms with Crippen molar-refractivity contribution >= 4 is 87.0 Å². The highest BCUT2D eigenvalue weighted by Crippen LogP contribution is 2.46. The van der Waals surface area contributed by atoms with Crippen LogP contribution in [0.5, 0.6) is 0 Å². The molecule has 0 radical (unpaired) electrons. The van der Waals surface area contributed by atoms with Gasteiger partial charge in [0.05, 0.1) is 22.2 Å². The zero-order valence-electron chi connectivity index (χ0n) is 25.7. The average Bonchev–Trinajstić information content (AvgIpc) is 3.71. The first-order chi connectivity index (χ1) is 23.8. The summed E-state index contributed by atoms with van der Waals surface area (Å²) in [5.41, 5.74) is 6.81. The molecular weight excluding hydrogens is 587 g/mol. The maximum Gasteiger partial charge on any atom is 0.235 e. The fourth-order valence-corrected chi connectivity index (χ4v) is 7.87. The lowest BCUT2D eigenvalue weighted by molar-refractivity contribution is 0.673. The van der Waals surface area contributed by atoms with Gasteiger partial charge in [-0.3, -0.25) is 4.57 Å². The van der Waals surface area contributed by atoms with Gasteiger partial charge in [-0.15, -0.1) is 0 Å². The molecule has 0 atom stereocenters. The fraction of sp³-hybridized carbons (Fsp3) is 0. The normalized spacial score (nSPS) is 12.2. The second kappa shape index (κ2) is 9.50. The van der Waals surface area contributed by atoms with Crippen LogP contribution < -0.4 is 0 Å². The van der Waals surface area contributed by atoms with Crippen molar-refractivity contribution in [3.05, 3.63) is 152 Å². The van der Waals surface area contributed by atoms with Gasteiger partial charge in [-0.2, -0.15) is 0 Å². The molecular formula is C44H25N3O. The van der Waals surface area contributed by atoms with Crippen molar-refractivity contribution in [1.29, 1.82) is 0 Å². The number of hydrogen-bond donors (Lipinski definition) is 0. The van der Waals surface area contributed by atoms with Crippen LogP contribution in [0.25, 0.3) is 104 Å². The van der Waals surface area contributed by atoms with E-state index in [1.165, 1.54) is 21.5 Å². The molecule has 0 aliphatic heterocycles. The van der Waals surface area contributed by atoms with Gasteiger partial charge in [-0.05, 0) is 45.8 Å². The number of aromatic nitrogens is 3. The van der Waals surface area contributed by atoms with Gasteiger partial charge in [0.2, 0.25) is 5.95 Å². The summed E-state index contributed by atoms with van der Waals surface area (Å²) < 4.78 is 8.86. The van der Waals surface area contributed by atoms with E-state index in [1.807, 2.05) is 6.07 Å². The van der Waals surface area contributed by atoms with E-state index in [9.17, 15) is 0 Å². The lowest BCUT2D eigenvalue weighted by Crippen LogP contribution is -2.03. The summed E-state index contributed by atoms with van der Waals surface area (Å²) in [5.74, 6) is 0.644. The van der Waals surface area contributed by atoms with E-state index >= 15 is 0 Å². The Morgan fingerprint density at radius 3 is 2.02 bits per heavy atom. The summed E-state index contributed by atoms with van der Waals surface area (Å²) in [6.45, 7) is 0. The Balaban J connectivity index is 1.28. The van der Waals surface area contributed by atoms with Crippen LogP contribution in [0.4, 0.5) is 0 Å². The molecule has 0 saturated heterocycles. The first-order valence-electron chi connectivity index (χ1n) is 16.3. The molecule has 0 unspecified atom stereocenters. The maximum absolute atomic E-state index is 6.59. The Morgan fingerprint density at radius 2 is 1.12 bits per heavy atom. The summed E-state index contributed by atoms with van der Waals surface area (Å²) in [4.78, 5) is 10.7. The lowest BCUT2D eigenvalue weighted by Gasteiger charge is -2.13. The smallest absolute Gasteiger partial charge is 0.235 e.